The molecule has 0 bridgehead atoms. The van der Waals surface area contributed by atoms with Gasteiger partial charge in [0.25, 0.3) is 0 Å². The Kier molecular flexibility index (Phi) is 4.54. The Labute approximate surface area is 103 Å². The van der Waals surface area contributed by atoms with Crippen LogP contribution in [-0.2, 0) is 0 Å². The highest BCUT2D eigenvalue weighted by Crippen LogP contribution is 2.14. The Morgan fingerprint density at radius 3 is 2.88 bits per heavy atom. The van der Waals surface area contributed by atoms with E-state index in [0.717, 1.165) is 10.3 Å². The third-order valence-electron chi connectivity index (χ3n) is 2.27. The number of hydrogen-bond acceptors (Lipinski definition) is 4. The third kappa shape index (κ3) is 3.37. The van der Waals surface area contributed by atoms with E-state index < -0.39 is 0 Å². The quantitative estimate of drug-likeness (QED) is 0.382. The lowest BCUT2D eigenvalue weighted by Crippen LogP contribution is -2.33. The summed E-state index contributed by atoms with van der Waals surface area (Å²) in [6, 6.07) is 3.83. The molecule has 1 heterocycles. The van der Waals surface area contributed by atoms with Gasteiger partial charge in [-0.05, 0) is 28.1 Å². The summed E-state index contributed by atoms with van der Waals surface area (Å²) in [6.07, 6.45) is 1.74. The number of pyridine rings is 1. The molecule has 1 rings (SSSR count). The first kappa shape index (κ1) is 12.8. The van der Waals surface area contributed by atoms with Gasteiger partial charge < -0.3 is 15.8 Å². The molecule has 6 heteroatoms. The number of nitrogens with zero attached hydrogens (tertiary/aromatic N) is 3. The highest BCUT2D eigenvalue weighted by molar-refractivity contribution is 9.10. The van der Waals surface area contributed by atoms with E-state index in [2.05, 4.69) is 26.1 Å². The van der Waals surface area contributed by atoms with Crippen LogP contribution in [0.15, 0.2) is 28.0 Å². The van der Waals surface area contributed by atoms with Crippen molar-refractivity contribution < 1.29 is 5.21 Å². The maximum Gasteiger partial charge on any atom is 0.143 e. The van der Waals surface area contributed by atoms with E-state index in [1.165, 1.54) is 0 Å². The zero-order valence-corrected chi connectivity index (χ0v) is 10.8. The Balaban J connectivity index is 2.65. The number of amidine groups is 1. The van der Waals surface area contributed by atoms with E-state index in [1.54, 1.807) is 6.20 Å². The highest BCUT2D eigenvalue weighted by atomic mass is 79.9. The molecule has 0 amide bonds. The van der Waals surface area contributed by atoms with Gasteiger partial charge >= 0.3 is 0 Å². The summed E-state index contributed by atoms with van der Waals surface area (Å²) >= 11 is 3.33. The molecule has 1 unspecified atom stereocenters. The lowest BCUT2D eigenvalue weighted by Gasteiger charge is -2.21. The van der Waals surface area contributed by atoms with Gasteiger partial charge in [0, 0.05) is 30.2 Å². The molecule has 0 aliphatic carbocycles. The van der Waals surface area contributed by atoms with Gasteiger partial charge in [-0.25, -0.2) is 4.98 Å². The molecule has 0 spiro atoms. The van der Waals surface area contributed by atoms with Crippen LogP contribution >= 0.6 is 15.9 Å². The highest BCUT2D eigenvalue weighted by Gasteiger charge is 2.11. The second kappa shape index (κ2) is 5.69. The molecule has 1 aromatic heterocycles. The molecule has 1 aromatic rings. The van der Waals surface area contributed by atoms with Gasteiger partial charge in [0.05, 0.1) is 0 Å². The fourth-order valence-corrected chi connectivity index (χ4v) is 1.52. The van der Waals surface area contributed by atoms with Crippen LogP contribution in [0.3, 0.4) is 0 Å². The van der Waals surface area contributed by atoms with Crippen LogP contribution in [0.25, 0.3) is 0 Å². The van der Waals surface area contributed by atoms with Crippen molar-refractivity contribution in [3.8, 4) is 0 Å². The molecule has 0 aliphatic heterocycles. The minimum Gasteiger partial charge on any atom is -0.409 e. The number of halogens is 1. The van der Waals surface area contributed by atoms with E-state index in [4.69, 9.17) is 10.9 Å². The molecule has 0 saturated heterocycles. The van der Waals surface area contributed by atoms with Crippen LogP contribution in [0.4, 0.5) is 5.82 Å². The van der Waals surface area contributed by atoms with Gasteiger partial charge in [-0.15, -0.1) is 0 Å². The number of hydrogen-bond donors (Lipinski definition) is 2. The minimum absolute atomic E-state index is 0.0274. The topological polar surface area (TPSA) is 74.7 Å². The van der Waals surface area contributed by atoms with E-state index >= 15 is 0 Å². The Morgan fingerprint density at radius 2 is 2.38 bits per heavy atom. The molecule has 0 aliphatic rings. The minimum atomic E-state index is -0.0274. The molecule has 88 valence electrons. The van der Waals surface area contributed by atoms with E-state index in [-0.39, 0.29) is 11.8 Å². The number of oxime groups is 1. The van der Waals surface area contributed by atoms with Crippen molar-refractivity contribution >= 4 is 27.6 Å². The van der Waals surface area contributed by atoms with Crippen molar-refractivity contribution in [2.24, 2.45) is 16.8 Å². The third-order valence-corrected chi connectivity index (χ3v) is 2.74. The Hall–Kier alpha value is -1.30. The summed E-state index contributed by atoms with van der Waals surface area (Å²) in [5.41, 5.74) is 5.51. The number of rotatable bonds is 4. The van der Waals surface area contributed by atoms with Gasteiger partial charge in [0.2, 0.25) is 0 Å². The van der Waals surface area contributed by atoms with Crippen molar-refractivity contribution in [3.63, 3.8) is 0 Å². The fraction of sp³-hybridized carbons (Fsp3) is 0.400. The Morgan fingerprint density at radius 1 is 1.69 bits per heavy atom. The van der Waals surface area contributed by atoms with Crippen LogP contribution in [0.2, 0.25) is 0 Å². The van der Waals surface area contributed by atoms with Crippen LogP contribution < -0.4 is 10.6 Å². The predicted molar refractivity (Wildman–Crippen MR) is 67.8 cm³/mol. The second-order valence-corrected chi connectivity index (χ2v) is 4.56. The van der Waals surface area contributed by atoms with Crippen molar-refractivity contribution in [1.82, 2.24) is 4.98 Å². The van der Waals surface area contributed by atoms with Gasteiger partial charge in [-0.1, -0.05) is 12.1 Å². The largest absolute Gasteiger partial charge is 0.409 e. The van der Waals surface area contributed by atoms with Gasteiger partial charge in [-0.2, -0.15) is 0 Å². The average Bonchev–Trinajstić information content (AvgIpc) is 2.28. The summed E-state index contributed by atoms with van der Waals surface area (Å²) in [5.74, 6) is 1.05. The van der Waals surface area contributed by atoms with Gasteiger partial charge in [-0.3, -0.25) is 0 Å². The van der Waals surface area contributed by atoms with Crippen molar-refractivity contribution in [3.05, 3.63) is 22.8 Å². The molecule has 16 heavy (non-hydrogen) atoms. The molecular weight excluding hydrogens is 272 g/mol. The van der Waals surface area contributed by atoms with E-state index in [1.807, 2.05) is 31.0 Å². The standard InChI is InChI=1S/C10H15BrN4O/c1-7(10(12)14-16)6-15(2)9-4-3-8(11)5-13-9/h3-5,7,16H,6H2,1-2H3,(H2,12,14). The molecule has 0 radical (unpaired) electrons. The van der Waals surface area contributed by atoms with Crippen molar-refractivity contribution in [1.29, 1.82) is 0 Å². The van der Waals surface area contributed by atoms with Crippen molar-refractivity contribution in [2.75, 3.05) is 18.5 Å². The van der Waals surface area contributed by atoms with E-state index in [0.29, 0.717) is 6.54 Å². The van der Waals surface area contributed by atoms with Crippen LogP contribution in [0, 0.1) is 5.92 Å². The zero-order valence-electron chi connectivity index (χ0n) is 9.26. The lowest BCUT2D eigenvalue weighted by atomic mass is 10.1. The first-order chi connectivity index (χ1) is 7.54. The maximum absolute atomic E-state index is 8.55. The molecular formula is C10H15BrN4O. The molecule has 0 aromatic carbocycles. The normalized spacial score (nSPS) is 13.6. The number of aromatic nitrogens is 1. The summed E-state index contributed by atoms with van der Waals surface area (Å²) in [4.78, 5) is 6.21. The molecule has 0 saturated carbocycles. The van der Waals surface area contributed by atoms with Crippen LogP contribution in [-0.4, -0.2) is 29.6 Å². The first-order valence-electron chi connectivity index (χ1n) is 4.84. The SMILES string of the molecule is CC(CN(C)c1ccc(Br)cn1)C(N)=NO. The summed E-state index contributed by atoms with van der Waals surface area (Å²) in [6.45, 7) is 2.54. The molecule has 1 atom stereocenters. The predicted octanol–water partition coefficient (Wildman–Crippen LogP) is 1.66. The summed E-state index contributed by atoms with van der Waals surface area (Å²) < 4.78 is 0.939. The number of anilines is 1. The summed E-state index contributed by atoms with van der Waals surface area (Å²) in [5, 5.41) is 11.5. The smallest absolute Gasteiger partial charge is 0.143 e. The van der Waals surface area contributed by atoms with Gasteiger partial charge in [0.1, 0.15) is 11.7 Å². The van der Waals surface area contributed by atoms with Crippen molar-refractivity contribution in [2.45, 2.75) is 6.92 Å². The molecule has 3 N–H and O–H groups in total. The Bertz CT molecular complexity index is 366. The van der Waals surface area contributed by atoms with Crippen LogP contribution in [0.1, 0.15) is 6.92 Å². The van der Waals surface area contributed by atoms with Crippen LogP contribution in [0.5, 0.6) is 0 Å². The molecule has 0 fully saturated rings. The monoisotopic (exact) mass is 286 g/mol. The second-order valence-electron chi connectivity index (χ2n) is 3.64. The molecule has 5 nitrogen and oxygen atoms in total. The van der Waals surface area contributed by atoms with E-state index in [9.17, 15) is 0 Å². The fourth-order valence-electron chi connectivity index (χ4n) is 1.29. The zero-order chi connectivity index (χ0) is 12.1. The first-order valence-corrected chi connectivity index (χ1v) is 5.64. The van der Waals surface area contributed by atoms with Gasteiger partial charge in [0.15, 0.2) is 0 Å². The average molecular weight is 287 g/mol. The summed E-state index contributed by atoms with van der Waals surface area (Å²) in [7, 11) is 1.91. The number of nitrogens with two attached hydrogens (primary N) is 1. The maximum atomic E-state index is 8.55. The lowest BCUT2D eigenvalue weighted by molar-refractivity contribution is 0.314.